The molecule has 7 nitrogen and oxygen atoms in total. The van der Waals surface area contributed by atoms with Crippen molar-refractivity contribution in [2.24, 2.45) is 0 Å². The summed E-state index contributed by atoms with van der Waals surface area (Å²) in [6.45, 7) is 0. The van der Waals surface area contributed by atoms with Gasteiger partial charge >= 0.3 is 0 Å². The number of hydrogen-bond acceptors (Lipinski definition) is 5. The zero-order chi connectivity index (χ0) is 17.0. The van der Waals surface area contributed by atoms with Crippen LogP contribution in [0.4, 0.5) is 17.1 Å². The standard InChI is InChI=1S/C15H14BrN3O4/c1-18(23-2)15(20)10-6-7-14(19(21)22)13(8-10)17-12-5-3-4-11(16)9-12/h3-9,17H,1-2H3. The van der Waals surface area contributed by atoms with E-state index in [0.717, 1.165) is 9.54 Å². The molecule has 120 valence electrons. The molecule has 0 fully saturated rings. The van der Waals surface area contributed by atoms with Crippen LogP contribution in [0.5, 0.6) is 0 Å². The number of benzene rings is 2. The summed E-state index contributed by atoms with van der Waals surface area (Å²) < 4.78 is 0.830. The zero-order valence-corrected chi connectivity index (χ0v) is 14.0. The van der Waals surface area contributed by atoms with Gasteiger partial charge in [0.05, 0.1) is 12.0 Å². The number of nitro benzene ring substituents is 1. The molecular weight excluding hydrogens is 366 g/mol. The highest BCUT2D eigenvalue weighted by molar-refractivity contribution is 9.10. The van der Waals surface area contributed by atoms with Crippen LogP contribution in [0.1, 0.15) is 10.4 Å². The summed E-state index contributed by atoms with van der Waals surface area (Å²) in [5.74, 6) is -0.403. The van der Waals surface area contributed by atoms with Crippen LogP contribution in [-0.4, -0.2) is 30.1 Å². The first-order valence-electron chi connectivity index (χ1n) is 6.55. The number of anilines is 2. The van der Waals surface area contributed by atoms with E-state index < -0.39 is 10.8 Å². The van der Waals surface area contributed by atoms with Crippen molar-refractivity contribution in [2.75, 3.05) is 19.5 Å². The molecule has 0 saturated heterocycles. The third-order valence-corrected chi connectivity index (χ3v) is 3.60. The normalized spacial score (nSPS) is 10.2. The van der Waals surface area contributed by atoms with Crippen molar-refractivity contribution in [3.8, 4) is 0 Å². The Morgan fingerprint density at radius 1 is 1.30 bits per heavy atom. The molecule has 0 aliphatic carbocycles. The quantitative estimate of drug-likeness (QED) is 0.631. The van der Waals surface area contributed by atoms with Crippen LogP contribution in [0.25, 0.3) is 0 Å². The fourth-order valence-electron chi connectivity index (χ4n) is 1.91. The molecule has 0 aliphatic rings. The highest BCUT2D eigenvalue weighted by Crippen LogP contribution is 2.30. The molecule has 0 spiro atoms. The predicted molar refractivity (Wildman–Crippen MR) is 89.6 cm³/mol. The van der Waals surface area contributed by atoms with E-state index >= 15 is 0 Å². The van der Waals surface area contributed by atoms with Gasteiger partial charge in [-0.3, -0.25) is 19.7 Å². The highest BCUT2D eigenvalue weighted by atomic mass is 79.9. The number of nitro groups is 1. The number of carbonyl (C=O) groups is 1. The Morgan fingerprint density at radius 2 is 2.04 bits per heavy atom. The number of carbonyl (C=O) groups excluding carboxylic acids is 1. The van der Waals surface area contributed by atoms with Crippen LogP contribution < -0.4 is 5.32 Å². The van der Waals surface area contributed by atoms with E-state index in [2.05, 4.69) is 21.2 Å². The lowest BCUT2D eigenvalue weighted by Crippen LogP contribution is -2.25. The smallest absolute Gasteiger partial charge is 0.292 e. The fourth-order valence-corrected chi connectivity index (χ4v) is 2.31. The van der Waals surface area contributed by atoms with Crippen LogP contribution >= 0.6 is 15.9 Å². The van der Waals surface area contributed by atoms with Crippen LogP contribution in [0.15, 0.2) is 46.9 Å². The summed E-state index contributed by atoms with van der Waals surface area (Å²) >= 11 is 3.34. The summed E-state index contributed by atoms with van der Waals surface area (Å²) in [5, 5.41) is 15.2. The second-order valence-corrected chi connectivity index (χ2v) is 5.53. The molecule has 2 aromatic rings. The molecule has 0 heterocycles. The van der Waals surface area contributed by atoms with Gasteiger partial charge < -0.3 is 5.32 Å². The van der Waals surface area contributed by atoms with Gasteiger partial charge in [-0.25, -0.2) is 5.06 Å². The van der Waals surface area contributed by atoms with Gasteiger partial charge in [0.15, 0.2) is 0 Å². The molecule has 0 radical (unpaired) electrons. The maximum Gasteiger partial charge on any atom is 0.292 e. The first-order valence-corrected chi connectivity index (χ1v) is 7.35. The SMILES string of the molecule is CON(C)C(=O)c1ccc([N+](=O)[O-])c(Nc2cccc(Br)c2)c1. The third kappa shape index (κ3) is 4.05. The fraction of sp³-hybridized carbons (Fsp3) is 0.133. The molecule has 1 N–H and O–H groups in total. The summed E-state index contributed by atoms with van der Waals surface area (Å²) in [4.78, 5) is 27.6. The Kier molecular flexibility index (Phi) is 5.30. The van der Waals surface area contributed by atoms with Crippen LogP contribution in [0.3, 0.4) is 0 Å². The summed E-state index contributed by atoms with van der Waals surface area (Å²) in [5.41, 5.74) is 1.04. The second kappa shape index (κ2) is 7.21. The van der Waals surface area contributed by atoms with Crippen molar-refractivity contribution >= 4 is 38.9 Å². The Balaban J connectivity index is 2.42. The molecule has 23 heavy (non-hydrogen) atoms. The van der Waals surface area contributed by atoms with E-state index in [1.807, 2.05) is 6.07 Å². The van der Waals surface area contributed by atoms with Crippen molar-refractivity contribution in [2.45, 2.75) is 0 Å². The van der Waals surface area contributed by atoms with Gasteiger partial charge in [0.2, 0.25) is 0 Å². The predicted octanol–water partition coefficient (Wildman–Crippen LogP) is 3.73. The molecule has 1 amide bonds. The van der Waals surface area contributed by atoms with Crippen molar-refractivity contribution in [3.63, 3.8) is 0 Å². The minimum absolute atomic E-state index is 0.124. The summed E-state index contributed by atoms with van der Waals surface area (Å²) in [7, 11) is 2.83. The maximum atomic E-state index is 12.1. The lowest BCUT2D eigenvalue weighted by Gasteiger charge is -2.14. The van der Waals surface area contributed by atoms with Gasteiger partial charge in [-0.2, -0.15) is 0 Å². The van der Waals surface area contributed by atoms with E-state index in [-0.39, 0.29) is 16.9 Å². The monoisotopic (exact) mass is 379 g/mol. The Morgan fingerprint density at radius 3 is 2.65 bits per heavy atom. The van der Waals surface area contributed by atoms with Crippen molar-refractivity contribution in [3.05, 3.63) is 62.6 Å². The first kappa shape index (κ1) is 16.9. The molecule has 2 rings (SSSR count). The molecule has 2 aromatic carbocycles. The zero-order valence-electron chi connectivity index (χ0n) is 12.4. The Hall–Kier alpha value is -2.45. The maximum absolute atomic E-state index is 12.1. The third-order valence-electron chi connectivity index (χ3n) is 3.10. The van der Waals surface area contributed by atoms with Crippen molar-refractivity contribution < 1.29 is 14.6 Å². The van der Waals surface area contributed by atoms with Crippen molar-refractivity contribution in [1.82, 2.24) is 5.06 Å². The number of nitrogens with zero attached hydrogens (tertiary/aromatic N) is 2. The Labute approximate surface area is 141 Å². The molecule has 0 unspecified atom stereocenters. The molecule has 0 atom stereocenters. The van der Waals surface area contributed by atoms with E-state index in [0.29, 0.717) is 5.69 Å². The van der Waals surface area contributed by atoms with Gasteiger partial charge in [-0.15, -0.1) is 0 Å². The van der Waals surface area contributed by atoms with Crippen LogP contribution in [0, 0.1) is 10.1 Å². The number of hydrogen-bond donors (Lipinski definition) is 1. The van der Waals surface area contributed by atoms with Gasteiger partial charge in [-0.1, -0.05) is 22.0 Å². The van der Waals surface area contributed by atoms with Crippen LogP contribution in [-0.2, 0) is 4.84 Å². The minimum atomic E-state index is -0.505. The second-order valence-electron chi connectivity index (χ2n) is 4.61. The topological polar surface area (TPSA) is 84.7 Å². The molecular formula is C15H14BrN3O4. The first-order chi connectivity index (χ1) is 10.9. The average molecular weight is 380 g/mol. The van der Waals surface area contributed by atoms with Gasteiger partial charge in [-0.05, 0) is 30.3 Å². The average Bonchev–Trinajstić information content (AvgIpc) is 2.53. The number of halogens is 1. The summed E-state index contributed by atoms with van der Waals surface area (Å²) in [6, 6.07) is 11.3. The molecule has 0 aliphatic heterocycles. The minimum Gasteiger partial charge on any atom is -0.350 e. The lowest BCUT2D eigenvalue weighted by molar-refractivity contribution is -0.383. The largest absolute Gasteiger partial charge is 0.350 e. The van der Waals surface area contributed by atoms with Crippen LogP contribution in [0.2, 0.25) is 0 Å². The van der Waals surface area contributed by atoms with Gasteiger partial charge in [0, 0.05) is 28.8 Å². The van der Waals surface area contributed by atoms with E-state index in [9.17, 15) is 14.9 Å². The lowest BCUT2D eigenvalue weighted by atomic mass is 10.1. The summed E-state index contributed by atoms with van der Waals surface area (Å²) in [6.07, 6.45) is 0. The number of hydroxylamine groups is 2. The van der Waals surface area contributed by atoms with Gasteiger partial charge in [0.1, 0.15) is 5.69 Å². The molecule has 0 bridgehead atoms. The highest BCUT2D eigenvalue weighted by Gasteiger charge is 2.19. The number of nitrogens with one attached hydrogen (secondary N) is 1. The molecule has 8 heteroatoms. The van der Waals surface area contributed by atoms with Gasteiger partial charge in [0.25, 0.3) is 11.6 Å². The molecule has 0 aromatic heterocycles. The van der Waals surface area contributed by atoms with Crippen molar-refractivity contribution in [1.29, 1.82) is 0 Å². The molecule has 0 saturated carbocycles. The van der Waals surface area contributed by atoms with E-state index in [4.69, 9.17) is 4.84 Å². The van der Waals surface area contributed by atoms with E-state index in [1.165, 1.54) is 32.4 Å². The number of amides is 1. The number of rotatable bonds is 5. The Bertz CT molecular complexity index is 751. The van der Waals surface area contributed by atoms with E-state index in [1.54, 1.807) is 18.2 Å².